The van der Waals surface area contributed by atoms with Crippen molar-refractivity contribution < 1.29 is 19.4 Å². The van der Waals surface area contributed by atoms with Crippen LogP contribution in [0.1, 0.15) is 98.1 Å². The molecule has 2 amide bonds. The molecule has 272 valence electrons. The third kappa shape index (κ3) is 7.84. The zero-order valence-electron chi connectivity index (χ0n) is 30.5. The molecule has 4 aliphatic carbocycles. The Morgan fingerprint density at radius 3 is 2.13 bits per heavy atom. The lowest BCUT2D eigenvalue weighted by atomic mass is 9.53. The molecule has 7 nitrogen and oxygen atoms in total. The average Bonchev–Trinajstić information content (AvgIpc) is 3.16. The summed E-state index contributed by atoms with van der Waals surface area (Å²) >= 11 is 0. The normalized spacial score (nSPS) is 28.5. The second-order valence-corrected chi connectivity index (χ2v) is 16.2. The van der Waals surface area contributed by atoms with Crippen LogP contribution in [0, 0.1) is 17.8 Å². The van der Waals surface area contributed by atoms with Gasteiger partial charge in [0.05, 0.1) is 18.8 Å². The lowest BCUT2D eigenvalue weighted by molar-refractivity contribution is -0.253. The first kappa shape index (κ1) is 35.0. The van der Waals surface area contributed by atoms with E-state index >= 15 is 0 Å². The van der Waals surface area contributed by atoms with Gasteiger partial charge < -0.3 is 25.2 Å². The molecule has 9 rings (SSSR count). The number of nitrogens with zero attached hydrogens (tertiary/aromatic N) is 1. The molecule has 7 heteroatoms. The number of urea groups is 1. The highest BCUT2D eigenvalue weighted by molar-refractivity contribution is 5.75. The van der Waals surface area contributed by atoms with E-state index < -0.39 is 6.29 Å². The summed E-state index contributed by atoms with van der Waals surface area (Å²) in [4.78, 5) is 15.5. The van der Waals surface area contributed by atoms with E-state index in [0.717, 1.165) is 83.4 Å². The van der Waals surface area contributed by atoms with Crippen molar-refractivity contribution in [3.05, 3.63) is 131 Å². The molecule has 1 saturated heterocycles. The van der Waals surface area contributed by atoms with Crippen LogP contribution in [0.3, 0.4) is 0 Å². The van der Waals surface area contributed by atoms with Crippen molar-refractivity contribution in [2.45, 2.75) is 95.1 Å². The van der Waals surface area contributed by atoms with Crippen molar-refractivity contribution in [3.63, 3.8) is 0 Å². The number of likely N-dealkylation sites (N-methyl/N-ethyl adjacent to an activating group) is 1. The Bertz CT molecular complexity index is 1780. The summed E-state index contributed by atoms with van der Waals surface area (Å²) < 4.78 is 13.3. The van der Waals surface area contributed by atoms with Crippen LogP contribution in [-0.2, 0) is 22.6 Å². The van der Waals surface area contributed by atoms with E-state index in [2.05, 4.69) is 121 Å². The van der Waals surface area contributed by atoms with Gasteiger partial charge in [0.2, 0.25) is 0 Å². The van der Waals surface area contributed by atoms with Crippen molar-refractivity contribution in [1.29, 1.82) is 0 Å². The molecule has 5 fully saturated rings. The van der Waals surface area contributed by atoms with Gasteiger partial charge in [-0.3, -0.25) is 4.90 Å². The van der Waals surface area contributed by atoms with E-state index in [9.17, 15) is 9.90 Å². The maximum Gasteiger partial charge on any atom is 0.315 e. The van der Waals surface area contributed by atoms with Crippen molar-refractivity contribution in [1.82, 2.24) is 15.5 Å². The van der Waals surface area contributed by atoms with Gasteiger partial charge in [0.1, 0.15) is 0 Å². The summed E-state index contributed by atoms with van der Waals surface area (Å²) in [7, 11) is 2.16. The number of ether oxygens (including phenoxy) is 2. The lowest BCUT2D eigenvalue weighted by Gasteiger charge is -2.56. The van der Waals surface area contributed by atoms with Gasteiger partial charge in [-0.2, -0.15) is 0 Å². The van der Waals surface area contributed by atoms with Gasteiger partial charge in [-0.1, -0.05) is 97.1 Å². The number of carbonyl (C=O) groups is 1. The molecule has 0 aromatic heterocycles. The SMILES string of the molecule is C[C@@H](c1ccccc1)N(C)C[C@H]1C[C@@H](c2ccc(CO)cc2)O[C@@H](c2ccc(-c3cccc(CNC(=O)NC45CC6CC(CC(C6)C4)C5)c3)cc2)O1. The Kier molecular flexibility index (Phi) is 10.2. The fourth-order valence-electron chi connectivity index (χ4n) is 9.92. The van der Waals surface area contributed by atoms with Crippen LogP contribution in [0.25, 0.3) is 11.1 Å². The number of benzene rings is 4. The van der Waals surface area contributed by atoms with Crippen LogP contribution in [0.5, 0.6) is 0 Å². The largest absolute Gasteiger partial charge is 0.392 e. The quantitative estimate of drug-likeness (QED) is 0.146. The zero-order valence-corrected chi connectivity index (χ0v) is 30.5. The molecule has 4 aromatic rings. The summed E-state index contributed by atoms with van der Waals surface area (Å²) in [6.07, 6.45) is 7.59. The standard InChI is InChI=1S/C45H53N3O4/c1-30(36-8-4-3-5-9-36)48(2)28-41-23-42(38-13-11-31(29-49)12-14-38)52-43(51-41)39-17-15-37(16-18-39)40-10-6-7-32(22-40)27-46-44(50)47-45-24-33-19-34(25-45)21-35(20-33)26-45/h3-18,22,30,33-35,41-43,49H,19-21,23-29H2,1-2H3,(H2,46,47,50)/t30-,33?,34?,35?,41+,42-,43-,45?/m0/s1. The van der Waals surface area contributed by atoms with Crippen molar-refractivity contribution in [3.8, 4) is 11.1 Å². The molecule has 1 aliphatic heterocycles. The molecule has 4 saturated carbocycles. The van der Waals surface area contributed by atoms with Crippen LogP contribution in [-0.4, -0.2) is 41.3 Å². The Morgan fingerprint density at radius 1 is 0.788 bits per heavy atom. The van der Waals surface area contributed by atoms with Gasteiger partial charge in [0.25, 0.3) is 0 Å². The van der Waals surface area contributed by atoms with Gasteiger partial charge in [-0.25, -0.2) is 4.79 Å². The van der Waals surface area contributed by atoms with E-state index in [1.54, 1.807) is 0 Å². The summed E-state index contributed by atoms with van der Waals surface area (Å²) in [6, 6.07) is 35.7. The number of aliphatic hydroxyl groups excluding tert-OH is 1. The second kappa shape index (κ2) is 15.2. The minimum atomic E-state index is -0.515. The maximum absolute atomic E-state index is 13.1. The number of rotatable bonds is 11. The Hall–Kier alpha value is -4.01. The molecular formula is C45H53N3O4. The number of nitrogens with one attached hydrogen (secondary N) is 2. The third-order valence-corrected chi connectivity index (χ3v) is 12.4. The summed E-state index contributed by atoms with van der Waals surface area (Å²) in [5.41, 5.74) is 7.52. The first-order valence-corrected chi connectivity index (χ1v) is 19.3. The summed E-state index contributed by atoms with van der Waals surface area (Å²) in [5.74, 6) is 2.40. The monoisotopic (exact) mass is 699 g/mol. The molecule has 5 aliphatic rings. The van der Waals surface area contributed by atoms with Crippen molar-refractivity contribution >= 4 is 6.03 Å². The zero-order chi connectivity index (χ0) is 35.7. The highest BCUT2D eigenvalue weighted by Crippen LogP contribution is 2.55. The van der Waals surface area contributed by atoms with E-state index in [1.165, 1.54) is 24.8 Å². The Labute approximate surface area is 308 Å². The molecule has 0 unspecified atom stereocenters. The van der Waals surface area contributed by atoms with E-state index in [-0.39, 0.29) is 36.4 Å². The number of amides is 2. The van der Waals surface area contributed by atoms with Gasteiger partial charge in [0.15, 0.2) is 6.29 Å². The average molecular weight is 700 g/mol. The van der Waals surface area contributed by atoms with Gasteiger partial charge in [-0.15, -0.1) is 0 Å². The minimum Gasteiger partial charge on any atom is -0.392 e. The lowest BCUT2D eigenvalue weighted by Crippen LogP contribution is -2.61. The van der Waals surface area contributed by atoms with E-state index in [4.69, 9.17) is 9.47 Å². The molecule has 0 spiro atoms. The predicted octanol–water partition coefficient (Wildman–Crippen LogP) is 8.85. The molecule has 52 heavy (non-hydrogen) atoms. The molecule has 1 heterocycles. The van der Waals surface area contributed by atoms with Crippen molar-refractivity contribution in [2.75, 3.05) is 13.6 Å². The maximum atomic E-state index is 13.1. The molecular weight excluding hydrogens is 647 g/mol. The Morgan fingerprint density at radius 2 is 1.46 bits per heavy atom. The highest BCUT2D eigenvalue weighted by atomic mass is 16.7. The van der Waals surface area contributed by atoms with Crippen LogP contribution >= 0.6 is 0 Å². The molecule has 0 radical (unpaired) electrons. The fourth-order valence-corrected chi connectivity index (χ4v) is 9.92. The number of hydrogen-bond acceptors (Lipinski definition) is 5. The summed E-state index contributed by atoms with van der Waals surface area (Å²) in [5, 5.41) is 16.2. The molecule has 4 atom stereocenters. The van der Waals surface area contributed by atoms with E-state index in [0.29, 0.717) is 6.54 Å². The smallest absolute Gasteiger partial charge is 0.315 e. The Balaban J connectivity index is 0.929. The first-order chi connectivity index (χ1) is 25.3. The van der Waals surface area contributed by atoms with Gasteiger partial charge in [-0.05, 0) is 110 Å². The first-order valence-electron chi connectivity index (χ1n) is 19.3. The van der Waals surface area contributed by atoms with Crippen LogP contribution in [0.2, 0.25) is 0 Å². The van der Waals surface area contributed by atoms with Gasteiger partial charge >= 0.3 is 6.03 Å². The van der Waals surface area contributed by atoms with Gasteiger partial charge in [0, 0.05) is 36.7 Å². The number of carbonyl (C=O) groups excluding carboxylic acids is 1. The van der Waals surface area contributed by atoms with Crippen molar-refractivity contribution in [2.24, 2.45) is 17.8 Å². The second-order valence-electron chi connectivity index (χ2n) is 16.2. The van der Waals surface area contributed by atoms with Crippen LogP contribution < -0.4 is 10.6 Å². The number of aliphatic hydroxyl groups is 1. The predicted molar refractivity (Wildman–Crippen MR) is 204 cm³/mol. The highest BCUT2D eigenvalue weighted by Gasteiger charge is 2.51. The number of hydrogen-bond donors (Lipinski definition) is 3. The molecule has 3 N–H and O–H groups in total. The third-order valence-electron chi connectivity index (χ3n) is 12.4. The fraction of sp³-hybridized carbons (Fsp3) is 0.444. The molecule has 4 aromatic carbocycles. The minimum absolute atomic E-state index is 0.00920. The van der Waals surface area contributed by atoms with E-state index in [1.807, 2.05) is 12.1 Å². The van der Waals surface area contributed by atoms with Crippen LogP contribution in [0.15, 0.2) is 103 Å². The van der Waals surface area contributed by atoms with Crippen LogP contribution in [0.4, 0.5) is 4.79 Å². The topological polar surface area (TPSA) is 83.1 Å². The molecule has 4 bridgehead atoms. The summed E-state index contributed by atoms with van der Waals surface area (Å²) in [6.45, 7) is 3.51.